The number of hydrogen-bond donors (Lipinski definition) is 2. The summed E-state index contributed by atoms with van der Waals surface area (Å²) in [6.07, 6.45) is 1.97. The fraction of sp³-hybridized carbons (Fsp3) is 0.304. The van der Waals surface area contributed by atoms with Crippen LogP contribution >= 0.6 is 0 Å². The maximum absolute atomic E-state index is 13.2. The first kappa shape index (κ1) is 23.5. The zero-order valence-electron chi connectivity index (χ0n) is 18.3. The van der Waals surface area contributed by atoms with Gasteiger partial charge in [-0.15, -0.1) is 0 Å². The molecule has 0 unspecified atom stereocenters. The van der Waals surface area contributed by atoms with Crippen molar-refractivity contribution in [2.24, 2.45) is 0 Å². The van der Waals surface area contributed by atoms with Crippen LogP contribution in [0.5, 0.6) is 0 Å². The second kappa shape index (κ2) is 9.97. The van der Waals surface area contributed by atoms with E-state index in [1.807, 2.05) is 19.9 Å². The van der Waals surface area contributed by atoms with Crippen molar-refractivity contribution in [3.05, 3.63) is 70.0 Å². The maximum atomic E-state index is 13.2. The zero-order chi connectivity index (χ0) is 23.3. The van der Waals surface area contributed by atoms with Gasteiger partial charge in [0, 0.05) is 43.9 Å². The van der Waals surface area contributed by atoms with Crippen LogP contribution in [0.25, 0.3) is 10.9 Å². The number of hydrogen-bond acceptors (Lipinski definition) is 5. The van der Waals surface area contributed by atoms with Crippen LogP contribution in [0.3, 0.4) is 0 Å². The number of aryl methyl sites for hydroxylation is 1. The predicted molar refractivity (Wildman–Crippen MR) is 125 cm³/mol. The van der Waals surface area contributed by atoms with Crippen LogP contribution in [0, 0.1) is 6.92 Å². The molecule has 0 atom stereocenters. The third-order valence-corrected chi connectivity index (χ3v) is 6.86. The number of sulfonamides is 1. The molecule has 0 radical (unpaired) electrons. The van der Waals surface area contributed by atoms with Crippen LogP contribution < -0.4 is 15.1 Å². The largest absolute Gasteiger partial charge is 0.382 e. The monoisotopic (exact) mass is 457 g/mol. The number of ether oxygens (including phenoxy) is 1. The van der Waals surface area contributed by atoms with Gasteiger partial charge in [-0.2, -0.15) is 0 Å². The third-order valence-electron chi connectivity index (χ3n) is 5.08. The van der Waals surface area contributed by atoms with Crippen molar-refractivity contribution in [1.82, 2.24) is 10.3 Å². The maximum Gasteiger partial charge on any atom is 0.264 e. The van der Waals surface area contributed by atoms with Crippen LogP contribution in [0.4, 0.5) is 5.69 Å². The lowest BCUT2D eigenvalue weighted by molar-refractivity contribution is 0.0943. The first-order valence-corrected chi connectivity index (χ1v) is 11.8. The van der Waals surface area contributed by atoms with Crippen molar-refractivity contribution < 1.29 is 17.9 Å². The van der Waals surface area contributed by atoms with E-state index in [-0.39, 0.29) is 15.8 Å². The fourth-order valence-electron chi connectivity index (χ4n) is 3.26. The Hall–Kier alpha value is -3.17. The molecule has 170 valence electrons. The highest BCUT2D eigenvalue weighted by Gasteiger charge is 2.23. The molecule has 2 aromatic carbocycles. The first-order chi connectivity index (χ1) is 15.3. The van der Waals surface area contributed by atoms with E-state index >= 15 is 0 Å². The van der Waals surface area contributed by atoms with Gasteiger partial charge in [0.2, 0.25) is 5.43 Å². The second-order valence-electron chi connectivity index (χ2n) is 7.36. The van der Waals surface area contributed by atoms with Gasteiger partial charge in [-0.05, 0) is 56.2 Å². The highest BCUT2D eigenvalue weighted by Crippen LogP contribution is 2.24. The van der Waals surface area contributed by atoms with E-state index in [4.69, 9.17) is 4.74 Å². The molecule has 2 N–H and O–H groups in total. The number of aromatic nitrogens is 1. The van der Waals surface area contributed by atoms with Crippen LogP contribution in [-0.4, -0.2) is 46.1 Å². The molecule has 8 nitrogen and oxygen atoms in total. The molecule has 0 aliphatic rings. The Morgan fingerprint density at radius 2 is 1.97 bits per heavy atom. The molecule has 0 aliphatic heterocycles. The second-order valence-corrected chi connectivity index (χ2v) is 9.33. The van der Waals surface area contributed by atoms with Crippen LogP contribution in [-0.2, 0) is 14.8 Å². The number of benzene rings is 2. The van der Waals surface area contributed by atoms with Crippen LogP contribution in [0.2, 0.25) is 0 Å². The Bertz CT molecular complexity index is 1280. The standard InChI is InChI=1S/C23H27N3O5S/c1-4-31-12-6-11-24-23(28)20-15-25-21-10-9-18(14-19(21)22(20)27)32(29,30)26(3)17-8-5-7-16(2)13-17/h5,7-10,13-15H,4,6,11-12H2,1-3H3,(H,24,28)(H,25,27). The lowest BCUT2D eigenvalue weighted by Crippen LogP contribution is -2.30. The normalized spacial score (nSPS) is 11.5. The summed E-state index contributed by atoms with van der Waals surface area (Å²) in [6, 6.07) is 11.4. The summed E-state index contributed by atoms with van der Waals surface area (Å²) in [5, 5.41) is 2.82. The molecule has 1 amide bonds. The summed E-state index contributed by atoms with van der Waals surface area (Å²) in [5.74, 6) is -0.519. The Morgan fingerprint density at radius 1 is 1.19 bits per heavy atom. The van der Waals surface area contributed by atoms with Gasteiger partial charge in [0.15, 0.2) is 0 Å². The van der Waals surface area contributed by atoms with E-state index < -0.39 is 21.4 Å². The minimum absolute atomic E-state index is 0.0335. The van der Waals surface area contributed by atoms with Crippen molar-refractivity contribution in [2.45, 2.75) is 25.2 Å². The smallest absolute Gasteiger partial charge is 0.264 e. The summed E-state index contributed by atoms with van der Waals surface area (Å²) in [5.41, 5.74) is 1.28. The van der Waals surface area contributed by atoms with Gasteiger partial charge in [0.1, 0.15) is 5.56 Å². The summed E-state index contributed by atoms with van der Waals surface area (Å²) in [4.78, 5) is 28.3. The number of aromatic amines is 1. The topological polar surface area (TPSA) is 109 Å². The van der Waals surface area contributed by atoms with Crippen molar-refractivity contribution in [2.75, 3.05) is 31.1 Å². The summed E-state index contributed by atoms with van der Waals surface area (Å²) in [6.45, 7) is 5.25. The van der Waals surface area contributed by atoms with E-state index in [1.165, 1.54) is 35.7 Å². The number of carbonyl (C=O) groups is 1. The molecule has 0 bridgehead atoms. The van der Waals surface area contributed by atoms with E-state index in [1.54, 1.807) is 18.2 Å². The fourth-order valence-corrected chi connectivity index (χ4v) is 4.48. The van der Waals surface area contributed by atoms with E-state index in [0.717, 1.165) is 5.56 Å². The molecule has 0 aliphatic carbocycles. The van der Waals surface area contributed by atoms with Crippen molar-refractivity contribution >= 4 is 32.5 Å². The third kappa shape index (κ3) is 5.00. The molecule has 0 spiro atoms. The van der Waals surface area contributed by atoms with Gasteiger partial charge in [-0.3, -0.25) is 13.9 Å². The quantitative estimate of drug-likeness (QED) is 0.480. The van der Waals surface area contributed by atoms with E-state index in [2.05, 4.69) is 10.3 Å². The molecular weight excluding hydrogens is 430 g/mol. The highest BCUT2D eigenvalue weighted by molar-refractivity contribution is 7.92. The van der Waals surface area contributed by atoms with Gasteiger partial charge in [-0.25, -0.2) is 8.42 Å². The Labute approximate surface area is 187 Å². The number of pyridine rings is 1. The Kier molecular flexibility index (Phi) is 7.32. The molecular formula is C23H27N3O5S. The SMILES string of the molecule is CCOCCCNC(=O)c1c[nH]c2ccc(S(=O)(=O)N(C)c3cccc(C)c3)cc2c1=O. The van der Waals surface area contributed by atoms with Crippen molar-refractivity contribution in [3.63, 3.8) is 0 Å². The van der Waals surface area contributed by atoms with Crippen molar-refractivity contribution in [3.8, 4) is 0 Å². The molecule has 3 aromatic rings. The zero-order valence-corrected chi connectivity index (χ0v) is 19.2. The summed E-state index contributed by atoms with van der Waals surface area (Å²) in [7, 11) is -2.44. The number of carbonyl (C=O) groups excluding carboxylic acids is 1. The Balaban J connectivity index is 1.91. The minimum Gasteiger partial charge on any atom is -0.382 e. The van der Waals surface area contributed by atoms with Crippen LogP contribution in [0.1, 0.15) is 29.3 Å². The number of anilines is 1. The number of rotatable bonds is 9. The number of nitrogens with one attached hydrogen (secondary N) is 2. The number of nitrogens with zero attached hydrogens (tertiary/aromatic N) is 1. The van der Waals surface area contributed by atoms with Gasteiger partial charge in [-0.1, -0.05) is 12.1 Å². The number of fused-ring (bicyclic) bond motifs is 1. The summed E-state index contributed by atoms with van der Waals surface area (Å²) >= 11 is 0. The Morgan fingerprint density at radius 3 is 2.69 bits per heavy atom. The molecule has 0 saturated heterocycles. The summed E-state index contributed by atoms with van der Waals surface area (Å²) < 4.78 is 32.7. The molecule has 32 heavy (non-hydrogen) atoms. The van der Waals surface area contributed by atoms with Crippen LogP contribution in [0.15, 0.2) is 58.4 Å². The minimum atomic E-state index is -3.91. The highest BCUT2D eigenvalue weighted by atomic mass is 32.2. The van der Waals surface area contributed by atoms with Gasteiger partial charge >= 0.3 is 0 Å². The molecule has 9 heteroatoms. The molecule has 1 aromatic heterocycles. The average Bonchev–Trinajstić information content (AvgIpc) is 2.78. The number of amides is 1. The lowest BCUT2D eigenvalue weighted by atomic mass is 10.1. The lowest BCUT2D eigenvalue weighted by Gasteiger charge is -2.20. The van der Waals surface area contributed by atoms with E-state index in [0.29, 0.717) is 37.4 Å². The van der Waals surface area contributed by atoms with Gasteiger partial charge in [0.25, 0.3) is 15.9 Å². The predicted octanol–water partition coefficient (Wildman–Crippen LogP) is 2.82. The van der Waals surface area contributed by atoms with Gasteiger partial charge < -0.3 is 15.0 Å². The average molecular weight is 458 g/mol. The number of H-pyrrole nitrogens is 1. The molecule has 3 rings (SSSR count). The first-order valence-electron chi connectivity index (χ1n) is 10.3. The molecule has 1 heterocycles. The molecule has 0 fully saturated rings. The van der Waals surface area contributed by atoms with E-state index in [9.17, 15) is 18.0 Å². The molecule has 0 saturated carbocycles. The van der Waals surface area contributed by atoms with Crippen molar-refractivity contribution in [1.29, 1.82) is 0 Å². The van der Waals surface area contributed by atoms with Gasteiger partial charge in [0.05, 0.1) is 10.6 Å².